The molecule has 1 aliphatic carbocycles. The number of benzene rings is 1. The molecule has 2 atom stereocenters. The summed E-state index contributed by atoms with van der Waals surface area (Å²) in [7, 11) is 1.38. The first-order valence-electron chi connectivity index (χ1n) is 8.28. The lowest BCUT2D eigenvalue weighted by atomic mass is 9.94. The molecule has 7 heteroatoms. The van der Waals surface area contributed by atoms with Crippen LogP contribution in [0.5, 0.6) is 0 Å². The number of hydrogen-bond donors (Lipinski definition) is 2. The number of aromatic amines is 1. The van der Waals surface area contributed by atoms with E-state index in [9.17, 15) is 9.59 Å². The van der Waals surface area contributed by atoms with Crippen LogP contribution in [0.3, 0.4) is 0 Å². The molecule has 134 valence electrons. The molecule has 1 amide bonds. The molecule has 0 saturated heterocycles. The first kappa shape index (κ1) is 17.1. The number of carbonyl (C=O) groups is 2. The number of H-pyrrole nitrogens is 1. The van der Waals surface area contributed by atoms with Crippen molar-refractivity contribution in [1.82, 2.24) is 10.3 Å². The number of amides is 1. The third kappa shape index (κ3) is 3.10. The Kier molecular flexibility index (Phi) is 4.46. The van der Waals surface area contributed by atoms with Gasteiger partial charge in [0.1, 0.15) is 10.5 Å². The Morgan fingerprint density at radius 1 is 1.35 bits per heavy atom. The van der Waals surface area contributed by atoms with Gasteiger partial charge in [0, 0.05) is 17.3 Å². The van der Waals surface area contributed by atoms with E-state index in [-0.39, 0.29) is 30.3 Å². The molecular weight excluding hydrogens is 372 g/mol. The summed E-state index contributed by atoms with van der Waals surface area (Å²) in [6, 6.07) is 11.5. The molecule has 0 fully saturated rings. The minimum absolute atomic E-state index is 0.0897. The fraction of sp³-hybridized carbons (Fsp3) is 0.263. The maximum atomic E-state index is 12.7. The van der Waals surface area contributed by atoms with Gasteiger partial charge >= 0.3 is 5.97 Å². The van der Waals surface area contributed by atoms with Gasteiger partial charge in [0.2, 0.25) is 0 Å². The summed E-state index contributed by atoms with van der Waals surface area (Å²) in [5.41, 5.74) is 2.75. The highest BCUT2D eigenvalue weighted by atomic mass is 35.5. The third-order valence-electron chi connectivity index (χ3n) is 4.83. The molecule has 5 nitrogen and oxygen atoms in total. The zero-order valence-corrected chi connectivity index (χ0v) is 15.6. The Labute approximate surface area is 159 Å². The fourth-order valence-corrected chi connectivity index (χ4v) is 4.73. The average molecular weight is 389 g/mol. The lowest BCUT2D eigenvalue weighted by Gasteiger charge is -2.20. The number of nitrogens with one attached hydrogen (secondary N) is 2. The van der Waals surface area contributed by atoms with E-state index in [1.54, 1.807) is 6.07 Å². The maximum Gasteiger partial charge on any atom is 0.306 e. The van der Waals surface area contributed by atoms with Crippen LogP contribution < -0.4 is 5.32 Å². The summed E-state index contributed by atoms with van der Waals surface area (Å²) < 4.78 is 5.52. The van der Waals surface area contributed by atoms with Crippen LogP contribution in [0.25, 0.3) is 10.2 Å². The number of carbonyl (C=O) groups excluding carboxylic acids is 2. The van der Waals surface area contributed by atoms with Crippen LogP contribution in [0, 0.1) is 0 Å². The topological polar surface area (TPSA) is 71.2 Å². The normalized spacial score (nSPS) is 18.7. The minimum atomic E-state index is -0.277. The molecule has 2 aromatic heterocycles. The van der Waals surface area contributed by atoms with Gasteiger partial charge in [-0.15, -0.1) is 11.3 Å². The SMILES string of the molecule is COC(=O)C[C@@H]1c2ccccc2C[C@H]1NC(=O)c1cc2cc(Cl)sc2[nH]1. The number of ether oxygens (including phenoxy) is 1. The smallest absolute Gasteiger partial charge is 0.306 e. The Morgan fingerprint density at radius 3 is 2.92 bits per heavy atom. The first-order valence-corrected chi connectivity index (χ1v) is 9.48. The Morgan fingerprint density at radius 2 is 2.15 bits per heavy atom. The summed E-state index contributed by atoms with van der Waals surface area (Å²) in [5, 5.41) is 4.00. The number of halogens is 1. The molecule has 0 unspecified atom stereocenters. The van der Waals surface area contributed by atoms with Crippen LogP contribution in [0.4, 0.5) is 0 Å². The Balaban J connectivity index is 1.56. The van der Waals surface area contributed by atoms with E-state index in [0.717, 1.165) is 21.3 Å². The second kappa shape index (κ2) is 6.78. The highest BCUT2D eigenvalue weighted by Crippen LogP contribution is 2.36. The number of aromatic nitrogens is 1. The van der Waals surface area contributed by atoms with Crippen molar-refractivity contribution in [1.29, 1.82) is 0 Å². The van der Waals surface area contributed by atoms with E-state index in [2.05, 4.69) is 10.3 Å². The van der Waals surface area contributed by atoms with E-state index < -0.39 is 0 Å². The Bertz CT molecular complexity index is 962. The molecule has 3 aromatic rings. The van der Waals surface area contributed by atoms with Gasteiger partial charge in [0.15, 0.2) is 0 Å². The number of methoxy groups -OCH3 is 1. The lowest BCUT2D eigenvalue weighted by Crippen LogP contribution is -2.38. The summed E-state index contributed by atoms with van der Waals surface area (Å²) >= 11 is 7.38. The van der Waals surface area contributed by atoms with E-state index in [4.69, 9.17) is 16.3 Å². The molecule has 0 saturated carbocycles. The van der Waals surface area contributed by atoms with Crippen molar-refractivity contribution >= 4 is 45.0 Å². The van der Waals surface area contributed by atoms with E-state index in [1.807, 2.05) is 30.3 Å². The maximum absolute atomic E-state index is 12.7. The van der Waals surface area contributed by atoms with Crippen molar-refractivity contribution in [3.63, 3.8) is 0 Å². The van der Waals surface area contributed by atoms with Gasteiger partial charge in [-0.25, -0.2) is 0 Å². The molecule has 0 radical (unpaired) electrons. The van der Waals surface area contributed by atoms with Crippen molar-refractivity contribution < 1.29 is 14.3 Å². The van der Waals surface area contributed by atoms with Crippen molar-refractivity contribution in [2.24, 2.45) is 0 Å². The molecule has 26 heavy (non-hydrogen) atoms. The molecule has 2 N–H and O–H groups in total. The van der Waals surface area contributed by atoms with Gasteiger partial charge in [-0.1, -0.05) is 35.9 Å². The van der Waals surface area contributed by atoms with Crippen LogP contribution in [-0.4, -0.2) is 30.0 Å². The predicted octanol–water partition coefficient (Wildman–Crippen LogP) is 3.88. The largest absolute Gasteiger partial charge is 0.469 e. The van der Waals surface area contributed by atoms with Gasteiger partial charge in [-0.2, -0.15) is 0 Å². The zero-order chi connectivity index (χ0) is 18.3. The van der Waals surface area contributed by atoms with Crippen LogP contribution in [0.2, 0.25) is 4.34 Å². The molecule has 1 aliphatic rings. The second-order valence-corrected chi connectivity index (χ2v) is 8.07. The number of rotatable bonds is 4. The van der Waals surface area contributed by atoms with Gasteiger partial charge in [0.25, 0.3) is 5.91 Å². The predicted molar refractivity (Wildman–Crippen MR) is 102 cm³/mol. The summed E-state index contributed by atoms with van der Waals surface area (Å²) in [4.78, 5) is 28.5. The van der Waals surface area contributed by atoms with Crippen molar-refractivity contribution in [2.45, 2.75) is 24.8 Å². The summed E-state index contributed by atoms with van der Waals surface area (Å²) in [5.74, 6) is -0.550. The minimum Gasteiger partial charge on any atom is -0.469 e. The number of thiophene rings is 1. The van der Waals surface area contributed by atoms with Gasteiger partial charge in [0.05, 0.1) is 17.9 Å². The molecular formula is C19H17ClN2O3S. The fourth-order valence-electron chi connectivity index (χ4n) is 3.61. The molecule has 0 bridgehead atoms. The second-order valence-electron chi connectivity index (χ2n) is 6.39. The summed E-state index contributed by atoms with van der Waals surface area (Å²) in [6.45, 7) is 0. The van der Waals surface area contributed by atoms with Crippen LogP contribution >= 0.6 is 22.9 Å². The van der Waals surface area contributed by atoms with Gasteiger partial charge < -0.3 is 15.0 Å². The van der Waals surface area contributed by atoms with Crippen LogP contribution in [0.15, 0.2) is 36.4 Å². The molecule has 4 rings (SSSR count). The van der Waals surface area contributed by atoms with Crippen molar-refractivity contribution in [3.8, 4) is 0 Å². The highest BCUT2D eigenvalue weighted by molar-refractivity contribution is 7.22. The standard InChI is InChI=1S/C19H17ClN2O3S/c1-25-17(23)9-13-12-5-3-2-4-10(12)6-14(13)21-18(24)15-7-11-8-16(20)26-19(11)22-15/h2-5,7-8,13-14,22H,6,9H2,1H3,(H,21,24)/t13-,14-/m1/s1. The zero-order valence-electron chi connectivity index (χ0n) is 14.0. The van der Waals surface area contributed by atoms with E-state index >= 15 is 0 Å². The Hall–Kier alpha value is -2.31. The first-order chi connectivity index (χ1) is 12.5. The third-order valence-corrected chi connectivity index (χ3v) is 6.03. The number of fused-ring (bicyclic) bond motifs is 2. The van der Waals surface area contributed by atoms with Crippen molar-refractivity contribution in [2.75, 3.05) is 7.11 Å². The van der Waals surface area contributed by atoms with Gasteiger partial charge in [-0.05, 0) is 29.7 Å². The van der Waals surface area contributed by atoms with Crippen molar-refractivity contribution in [3.05, 3.63) is 57.6 Å². The summed E-state index contributed by atoms with van der Waals surface area (Å²) in [6.07, 6.45) is 0.943. The lowest BCUT2D eigenvalue weighted by molar-refractivity contribution is -0.141. The average Bonchev–Trinajstić information content (AvgIpc) is 3.26. The molecule has 0 aliphatic heterocycles. The number of esters is 1. The van der Waals surface area contributed by atoms with E-state index in [1.165, 1.54) is 18.4 Å². The monoisotopic (exact) mass is 388 g/mol. The van der Waals surface area contributed by atoms with Crippen LogP contribution in [0.1, 0.15) is 34.0 Å². The highest BCUT2D eigenvalue weighted by Gasteiger charge is 2.35. The van der Waals surface area contributed by atoms with Gasteiger partial charge in [-0.3, -0.25) is 9.59 Å². The quantitative estimate of drug-likeness (QED) is 0.666. The molecule has 1 aromatic carbocycles. The number of hydrogen-bond acceptors (Lipinski definition) is 4. The van der Waals surface area contributed by atoms with E-state index in [0.29, 0.717) is 16.5 Å². The molecule has 0 spiro atoms. The molecule has 2 heterocycles. The van der Waals surface area contributed by atoms with Crippen LogP contribution in [-0.2, 0) is 16.0 Å².